The van der Waals surface area contributed by atoms with E-state index in [0.717, 1.165) is 11.3 Å². The number of aryl methyl sites for hydroxylation is 1. The number of nitrogens with one attached hydrogen (secondary N) is 1. The molecule has 0 unspecified atom stereocenters. The molecule has 4 rings (SSSR count). The number of cyclic esters (lactones) is 1. The van der Waals surface area contributed by atoms with Gasteiger partial charge in [-0.1, -0.05) is 0 Å². The van der Waals surface area contributed by atoms with Crippen LogP contribution >= 0.6 is 0 Å². The van der Waals surface area contributed by atoms with Crippen molar-refractivity contribution in [1.29, 1.82) is 0 Å². The highest BCUT2D eigenvalue weighted by molar-refractivity contribution is 5.95. The molecule has 1 aliphatic rings. The zero-order valence-electron chi connectivity index (χ0n) is 15.8. The first-order valence-electron chi connectivity index (χ1n) is 8.89. The third-order valence-electron chi connectivity index (χ3n) is 4.53. The number of nitrogens with two attached hydrogens (primary N) is 1. The SMILES string of the molecule is Cc1nc(Nc2ccc3c(c2)C(C)(C)OC3=O)ncc1-c1nnc(CCN)o1. The number of ether oxygens (including phenoxy) is 1. The second-order valence-electron chi connectivity index (χ2n) is 7.02. The zero-order valence-corrected chi connectivity index (χ0v) is 15.8. The van der Waals surface area contributed by atoms with Crippen LogP contribution in [0.3, 0.4) is 0 Å². The van der Waals surface area contributed by atoms with E-state index in [1.807, 2.05) is 26.8 Å². The van der Waals surface area contributed by atoms with Gasteiger partial charge in [-0.25, -0.2) is 14.8 Å². The van der Waals surface area contributed by atoms with Gasteiger partial charge in [0.2, 0.25) is 11.8 Å². The fourth-order valence-corrected chi connectivity index (χ4v) is 3.09. The predicted molar refractivity (Wildman–Crippen MR) is 101 cm³/mol. The minimum absolute atomic E-state index is 0.309. The van der Waals surface area contributed by atoms with E-state index < -0.39 is 5.60 Å². The second kappa shape index (κ2) is 6.68. The van der Waals surface area contributed by atoms with E-state index in [4.69, 9.17) is 14.9 Å². The molecule has 3 N–H and O–H groups in total. The average molecular weight is 380 g/mol. The van der Waals surface area contributed by atoms with Crippen molar-refractivity contribution in [2.24, 2.45) is 5.73 Å². The number of esters is 1. The molecule has 28 heavy (non-hydrogen) atoms. The molecule has 9 nitrogen and oxygen atoms in total. The molecule has 0 spiro atoms. The normalized spacial score (nSPS) is 14.6. The van der Waals surface area contributed by atoms with Crippen molar-refractivity contribution < 1.29 is 13.9 Å². The summed E-state index contributed by atoms with van der Waals surface area (Å²) >= 11 is 0. The van der Waals surface area contributed by atoms with Gasteiger partial charge in [-0.3, -0.25) is 0 Å². The third kappa shape index (κ3) is 3.20. The van der Waals surface area contributed by atoms with E-state index in [1.165, 1.54) is 0 Å². The number of aromatic nitrogens is 4. The highest BCUT2D eigenvalue weighted by atomic mass is 16.6. The molecule has 144 valence electrons. The van der Waals surface area contributed by atoms with E-state index in [0.29, 0.717) is 47.5 Å². The molecule has 1 aliphatic heterocycles. The quantitative estimate of drug-likeness (QED) is 0.641. The topological polar surface area (TPSA) is 129 Å². The Kier molecular flexibility index (Phi) is 4.31. The van der Waals surface area contributed by atoms with Gasteiger partial charge in [0.15, 0.2) is 0 Å². The number of nitrogens with zero attached hydrogens (tertiary/aromatic N) is 4. The Morgan fingerprint density at radius 3 is 2.79 bits per heavy atom. The number of carbonyl (C=O) groups excluding carboxylic acids is 1. The molecule has 3 heterocycles. The molecular formula is C19H20N6O3. The summed E-state index contributed by atoms with van der Waals surface area (Å²) in [5.41, 5.74) is 8.37. The molecule has 0 saturated heterocycles. The Hall–Kier alpha value is -3.33. The summed E-state index contributed by atoms with van der Waals surface area (Å²) in [7, 11) is 0. The van der Waals surface area contributed by atoms with Crippen LogP contribution in [0.4, 0.5) is 11.6 Å². The van der Waals surface area contributed by atoms with E-state index in [9.17, 15) is 4.79 Å². The first kappa shape index (κ1) is 18.1. The second-order valence-corrected chi connectivity index (χ2v) is 7.02. The largest absolute Gasteiger partial charge is 0.451 e. The fourth-order valence-electron chi connectivity index (χ4n) is 3.09. The minimum Gasteiger partial charge on any atom is -0.451 e. The van der Waals surface area contributed by atoms with Gasteiger partial charge >= 0.3 is 5.97 Å². The number of anilines is 2. The van der Waals surface area contributed by atoms with Crippen molar-refractivity contribution in [3.63, 3.8) is 0 Å². The molecular weight excluding hydrogens is 360 g/mol. The summed E-state index contributed by atoms with van der Waals surface area (Å²) in [6.07, 6.45) is 2.15. The molecule has 9 heteroatoms. The van der Waals surface area contributed by atoms with Crippen LogP contribution in [0, 0.1) is 6.92 Å². The monoisotopic (exact) mass is 380 g/mol. The third-order valence-corrected chi connectivity index (χ3v) is 4.53. The zero-order chi connectivity index (χ0) is 19.9. The molecule has 0 bridgehead atoms. The van der Waals surface area contributed by atoms with Gasteiger partial charge in [-0.15, -0.1) is 10.2 Å². The van der Waals surface area contributed by atoms with Crippen molar-refractivity contribution in [2.45, 2.75) is 32.8 Å². The van der Waals surface area contributed by atoms with Crippen LogP contribution in [0.15, 0.2) is 28.8 Å². The summed E-state index contributed by atoms with van der Waals surface area (Å²) in [6, 6.07) is 5.42. The number of hydrogen-bond acceptors (Lipinski definition) is 9. The molecule has 3 aromatic rings. The van der Waals surface area contributed by atoms with Crippen LogP contribution in [-0.4, -0.2) is 32.7 Å². The summed E-state index contributed by atoms with van der Waals surface area (Å²) in [6.45, 7) is 6.00. The predicted octanol–water partition coefficient (Wildman–Crippen LogP) is 2.49. The Balaban J connectivity index is 1.58. The Morgan fingerprint density at radius 1 is 1.21 bits per heavy atom. The van der Waals surface area contributed by atoms with Crippen LogP contribution in [0.1, 0.15) is 41.4 Å². The lowest BCUT2D eigenvalue weighted by Gasteiger charge is -2.18. The van der Waals surface area contributed by atoms with Gasteiger partial charge in [0.05, 0.1) is 16.8 Å². The van der Waals surface area contributed by atoms with E-state index in [2.05, 4.69) is 25.5 Å². The van der Waals surface area contributed by atoms with Crippen molar-refractivity contribution in [2.75, 3.05) is 11.9 Å². The average Bonchev–Trinajstić information content (AvgIpc) is 3.18. The highest BCUT2D eigenvalue weighted by Crippen LogP contribution is 2.37. The number of carbonyl (C=O) groups is 1. The lowest BCUT2D eigenvalue weighted by Crippen LogP contribution is -2.16. The first-order valence-corrected chi connectivity index (χ1v) is 8.89. The van der Waals surface area contributed by atoms with Crippen LogP contribution < -0.4 is 11.1 Å². The summed E-state index contributed by atoms with van der Waals surface area (Å²) in [5, 5.41) is 11.1. The van der Waals surface area contributed by atoms with Gasteiger partial charge in [-0.2, -0.15) is 0 Å². The van der Waals surface area contributed by atoms with Crippen molar-refractivity contribution in [3.8, 4) is 11.5 Å². The minimum atomic E-state index is -0.663. The lowest BCUT2D eigenvalue weighted by molar-refractivity contribution is 0.00955. The van der Waals surface area contributed by atoms with Gasteiger partial charge < -0.3 is 20.2 Å². The van der Waals surface area contributed by atoms with Gasteiger partial charge in [0.25, 0.3) is 5.89 Å². The van der Waals surface area contributed by atoms with Gasteiger partial charge in [-0.05, 0) is 39.0 Å². The molecule has 0 saturated carbocycles. The fraction of sp³-hybridized carbons (Fsp3) is 0.316. The van der Waals surface area contributed by atoms with Crippen molar-refractivity contribution in [3.05, 3.63) is 47.1 Å². The summed E-state index contributed by atoms with van der Waals surface area (Å²) in [4.78, 5) is 20.7. The standard InChI is InChI=1S/C19H20N6O3/c1-10-13(16-25-24-15(27-16)6-7-20)9-21-18(22-10)23-11-4-5-12-14(8-11)19(2,3)28-17(12)26/h4-5,8-9H,6-7,20H2,1-3H3,(H,21,22,23). The van der Waals surface area contributed by atoms with E-state index in [1.54, 1.807) is 18.3 Å². The summed E-state index contributed by atoms with van der Waals surface area (Å²) < 4.78 is 11.0. The molecule has 0 radical (unpaired) electrons. The molecule has 0 fully saturated rings. The van der Waals surface area contributed by atoms with Crippen LogP contribution in [0.25, 0.3) is 11.5 Å². The van der Waals surface area contributed by atoms with E-state index in [-0.39, 0.29) is 5.97 Å². The molecule has 2 aromatic heterocycles. The van der Waals surface area contributed by atoms with E-state index >= 15 is 0 Å². The molecule has 0 amide bonds. The maximum absolute atomic E-state index is 11.9. The number of fused-ring (bicyclic) bond motifs is 1. The highest BCUT2D eigenvalue weighted by Gasteiger charge is 2.37. The Labute approximate surface area is 161 Å². The maximum atomic E-state index is 11.9. The Morgan fingerprint density at radius 2 is 2.04 bits per heavy atom. The van der Waals surface area contributed by atoms with Gasteiger partial charge in [0, 0.05) is 30.4 Å². The van der Waals surface area contributed by atoms with Crippen LogP contribution in [-0.2, 0) is 16.8 Å². The summed E-state index contributed by atoms with van der Waals surface area (Å²) in [5.74, 6) is 0.960. The number of rotatable bonds is 5. The van der Waals surface area contributed by atoms with Gasteiger partial charge in [0.1, 0.15) is 5.60 Å². The van der Waals surface area contributed by atoms with Crippen LogP contribution in [0.2, 0.25) is 0 Å². The molecule has 0 aliphatic carbocycles. The first-order chi connectivity index (χ1) is 13.4. The van der Waals surface area contributed by atoms with Crippen molar-refractivity contribution in [1.82, 2.24) is 20.2 Å². The Bertz CT molecular complexity index is 1060. The maximum Gasteiger partial charge on any atom is 0.339 e. The molecule has 0 atom stereocenters. The number of benzene rings is 1. The smallest absolute Gasteiger partial charge is 0.339 e. The molecule has 1 aromatic carbocycles. The lowest BCUT2D eigenvalue weighted by atomic mass is 9.95. The number of hydrogen-bond donors (Lipinski definition) is 2. The van der Waals surface area contributed by atoms with Crippen LogP contribution in [0.5, 0.6) is 0 Å². The van der Waals surface area contributed by atoms with Crippen molar-refractivity contribution >= 4 is 17.6 Å².